The van der Waals surface area contributed by atoms with Crippen LogP contribution in [0.5, 0.6) is 17.2 Å². The summed E-state index contributed by atoms with van der Waals surface area (Å²) < 4.78 is 15.6. The lowest BCUT2D eigenvalue weighted by molar-refractivity contribution is -0.121. The summed E-state index contributed by atoms with van der Waals surface area (Å²) >= 11 is 0. The molecule has 0 aliphatic rings. The molecule has 0 spiro atoms. The zero-order valence-corrected chi connectivity index (χ0v) is 14.8. The number of rotatable bonds is 9. The first-order valence-electron chi connectivity index (χ1n) is 8.01. The minimum absolute atomic E-state index is 0.0230. The van der Waals surface area contributed by atoms with Crippen molar-refractivity contribution in [2.45, 2.75) is 13.0 Å². The quantitative estimate of drug-likeness (QED) is 0.732. The van der Waals surface area contributed by atoms with E-state index in [0.717, 1.165) is 22.7 Å². The summed E-state index contributed by atoms with van der Waals surface area (Å²) in [4.78, 5) is 12.0. The van der Waals surface area contributed by atoms with E-state index in [2.05, 4.69) is 10.6 Å². The van der Waals surface area contributed by atoms with E-state index in [1.165, 1.54) is 0 Å². The maximum absolute atomic E-state index is 12.0. The Balaban J connectivity index is 1.78. The maximum atomic E-state index is 12.0. The average molecular weight is 344 g/mol. The van der Waals surface area contributed by atoms with Crippen molar-refractivity contribution in [3.63, 3.8) is 0 Å². The van der Waals surface area contributed by atoms with Crippen molar-refractivity contribution >= 4 is 11.6 Å². The molecule has 2 aromatic rings. The monoisotopic (exact) mass is 344 g/mol. The van der Waals surface area contributed by atoms with Crippen LogP contribution >= 0.6 is 0 Å². The number of nitrogens with one attached hydrogen (secondary N) is 2. The number of carbonyl (C=O) groups excluding carboxylic acids is 1. The van der Waals surface area contributed by atoms with Gasteiger partial charge < -0.3 is 24.8 Å². The predicted molar refractivity (Wildman–Crippen MR) is 97.5 cm³/mol. The Hall–Kier alpha value is -2.89. The second-order valence-corrected chi connectivity index (χ2v) is 5.37. The molecule has 2 aromatic carbocycles. The summed E-state index contributed by atoms with van der Waals surface area (Å²) in [7, 11) is 4.84. The number of ether oxygens (including phenoxy) is 3. The van der Waals surface area contributed by atoms with Crippen LogP contribution in [0.2, 0.25) is 0 Å². The molecule has 25 heavy (non-hydrogen) atoms. The minimum atomic E-state index is -0.0230. The number of hydrogen-bond donors (Lipinski definition) is 2. The topological polar surface area (TPSA) is 68.8 Å². The highest BCUT2D eigenvalue weighted by atomic mass is 16.5. The molecule has 0 fully saturated rings. The molecule has 0 unspecified atom stereocenters. The molecule has 2 N–H and O–H groups in total. The van der Waals surface area contributed by atoms with Crippen molar-refractivity contribution < 1.29 is 19.0 Å². The second kappa shape index (κ2) is 9.42. The average Bonchev–Trinajstić information content (AvgIpc) is 2.66. The third-order valence-electron chi connectivity index (χ3n) is 3.72. The fourth-order valence-electron chi connectivity index (χ4n) is 2.30. The molecule has 6 nitrogen and oxygen atoms in total. The Kier molecular flexibility index (Phi) is 6.95. The van der Waals surface area contributed by atoms with Crippen molar-refractivity contribution in [1.82, 2.24) is 5.32 Å². The van der Waals surface area contributed by atoms with E-state index >= 15 is 0 Å². The van der Waals surface area contributed by atoms with Crippen LogP contribution in [0.1, 0.15) is 12.0 Å². The van der Waals surface area contributed by atoms with E-state index in [1.54, 1.807) is 21.3 Å². The van der Waals surface area contributed by atoms with Crippen molar-refractivity contribution in [1.29, 1.82) is 0 Å². The summed E-state index contributed by atoms with van der Waals surface area (Å²) in [6.45, 7) is 0.989. The van der Waals surface area contributed by atoms with Crippen molar-refractivity contribution in [2.24, 2.45) is 0 Å². The first-order valence-corrected chi connectivity index (χ1v) is 8.01. The molecular weight excluding hydrogens is 320 g/mol. The van der Waals surface area contributed by atoms with E-state index in [1.807, 2.05) is 42.5 Å². The number of methoxy groups -OCH3 is 3. The summed E-state index contributed by atoms with van der Waals surface area (Å²) in [5.74, 6) is 2.21. The molecule has 1 amide bonds. The highest BCUT2D eigenvalue weighted by Crippen LogP contribution is 2.28. The lowest BCUT2D eigenvalue weighted by atomic mass is 10.2. The van der Waals surface area contributed by atoms with Crippen LogP contribution in [0.25, 0.3) is 0 Å². The van der Waals surface area contributed by atoms with Gasteiger partial charge in [0.15, 0.2) is 0 Å². The van der Waals surface area contributed by atoms with E-state index < -0.39 is 0 Å². The molecule has 0 aromatic heterocycles. The number of benzene rings is 2. The van der Waals surface area contributed by atoms with Gasteiger partial charge >= 0.3 is 0 Å². The molecule has 0 radical (unpaired) electrons. The molecule has 6 heteroatoms. The normalized spacial score (nSPS) is 10.0. The zero-order valence-electron chi connectivity index (χ0n) is 14.8. The summed E-state index contributed by atoms with van der Waals surface area (Å²) in [5.41, 5.74) is 1.82. The number of hydrogen-bond acceptors (Lipinski definition) is 5. The molecule has 134 valence electrons. The Morgan fingerprint density at radius 1 is 0.920 bits per heavy atom. The SMILES string of the molecule is COc1ccc(CNC(=O)CCNc2cc(OC)ccc2OC)cc1. The van der Waals surface area contributed by atoms with Gasteiger partial charge in [-0.15, -0.1) is 0 Å². The molecule has 0 bridgehead atoms. The summed E-state index contributed by atoms with van der Waals surface area (Å²) in [5, 5.41) is 6.10. The van der Waals surface area contributed by atoms with E-state index in [4.69, 9.17) is 14.2 Å². The molecule has 0 heterocycles. The molecule has 0 atom stereocenters. The van der Waals surface area contributed by atoms with Gasteiger partial charge in [0.1, 0.15) is 17.2 Å². The van der Waals surface area contributed by atoms with Crippen LogP contribution < -0.4 is 24.8 Å². The van der Waals surface area contributed by atoms with Gasteiger partial charge in [-0.1, -0.05) is 12.1 Å². The van der Waals surface area contributed by atoms with Gasteiger partial charge in [-0.25, -0.2) is 0 Å². The van der Waals surface area contributed by atoms with Gasteiger partial charge in [0, 0.05) is 25.6 Å². The third kappa shape index (κ3) is 5.60. The minimum Gasteiger partial charge on any atom is -0.497 e. The van der Waals surface area contributed by atoms with Crippen LogP contribution in [-0.2, 0) is 11.3 Å². The first kappa shape index (κ1) is 18.4. The smallest absolute Gasteiger partial charge is 0.222 e. The maximum Gasteiger partial charge on any atom is 0.222 e. The molecular formula is C19H24N2O4. The largest absolute Gasteiger partial charge is 0.497 e. The molecule has 2 rings (SSSR count). The molecule has 0 saturated carbocycles. The van der Waals surface area contributed by atoms with Crippen LogP contribution in [0.4, 0.5) is 5.69 Å². The van der Waals surface area contributed by atoms with E-state index in [9.17, 15) is 4.79 Å². The molecule has 0 saturated heterocycles. The Labute approximate surface area is 148 Å². The number of carbonyl (C=O) groups is 1. The lowest BCUT2D eigenvalue weighted by Gasteiger charge is -2.12. The zero-order chi connectivity index (χ0) is 18.1. The highest BCUT2D eigenvalue weighted by Gasteiger charge is 2.06. The van der Waals surface area contributed by atoms with Crippen LogP contribution in [-0.4, -0.2) is 33.8 Å². The Morgan fingerprint density at radius 3 is 2.24 bits per heavy atom. The first-order chi connectivity index (χ1) is 12.2. The lowest BCUT2D eigenvalue weighted by Crippen LogP contribution is -2.24. The second-order valence-electron chi connectivity index (χ2n) is 5.37. The van der Waals surface area contributed by atoms with Crippen molar-refractivity contribution in [2.75, 3.05) is 33.2 Å². The van der Waals surface area contributed by atoms with Crippen LogP contribution in [0.3, 0.4) is 0 Å². The number of anilines is 1. The number of amides is 1. The Morgan fingerprint density at radius 2 is 1.60 bits per heavy atom. The summed E-state index contributed by atoms with van der Waals surface area (Å²) in [6, 6.07) is 13.1. The van der Waals surface area contributed by atoms with Crippen LogP contribution in [0.15, 0.2) is 42.5 Å². The molecule has 0 aliphatic heterocycles. The van der Waals surface area contributed by atoms with Crippen molar-refractivity contribution in [3.05, 3.63) is 48.0 Å². The van der Waals surface area contributed by atoms with Gasteiger partial charge in [-0.2, -0.15) is 0 Å². The van der Waals surface area contributed by atoms with Gasteiger partial charge in [-0.3, -0.25) is 4.79 Å². The van der Waals surface area contributed by atoms with Gasteiger partial charge in [0.05, 0.1) is 27.0 Å². The van der Waals surface area contributed by atoms with Crippen LogP contribution in [0, 0.1) is 0 Å². The van der Waals surface area contributed by atoms with E-state index in [-0.39, 0.29) is 5.91 Å². The highest BCUT2D eigenvalue weighted by molar-refractivity contribution is 5.76. The predicted octanol–water partition coefficient (Wildman–Crippen LogP) is 2.83. The Bertz CT molecular complexity index is 686. The fourth-order valence-corrected chi connectivity index (χ4v) is 2.30. The van der Waals surface area contributed by atoms with Gasteiger partial charge in [0.25, 0.3) is 0 Å². The van der Waals surface area contributed by atoms with Crippen molar-refractivity contribution in [3.8, 4) is 17.2 Å². The van der Waals surface area contributed by atoms with Gasteiger partial charge in [-0.05, 0) is 29.8 Å². The summed E-state index contributed by atoms with van der Waals surface area (Å²) in [6.07, 6.45) is 0.358. The molecule has 0 aliphatic carbocycles. The fraction of sp³-hybridized carbons (Fsp3) is 0.316. The van der Waals surface area contributed by atoms with Gasteiger partial charge in [0.2, 0.25) is 5.91 Å². The van der Waals surface area contributed by atoms with E-state index in [0.29, 0.717) is 25.3 Å². The third-order valence-corrected chi connectivity index (χ3v) is 3.72. The standard InChI is InChI=1S/C19H24N2O4/c1-23-15-6-4-14(5-7-15)13-21-19(22)10-11-20-17-12-16(24-2)8-9-18(17)25-3/h4-9,12,20H,10-11,13H2,1-3H3,(H,21,22).